The lowest BCUT2D eigenvalue weighted by molar-refractivity contribution is 0.102. The van der Waals surface area contributed by atoms with Crippen LogP contribution < -0.4 is 5.32 Å². The molecular weight excluding hydrogens is 350 g/mol. The number of para-hydroxylation sites is 1. The summed E-state index contributed by atoms with van der Waals surface area (Å²) < 4.78 is 0. The number of aldehydes is 1. The van der Waals surface area contributed by atoms with E-state index in [1.54, 1.807) is 30.3 Å². The SMILES string of the molecule is O=Cc1ccc2n[nH]c(/C=C/c3ccccc3NC(=O)c3ccccc3)c2c1. The normalized spacial score (nSPS) is 11.0. The molecule has 0 bridgehead atoms. The van der Waals surface area contributed by atoms with Crippen LogP contribution in [0.25, 0.3) is 23.1 Å². The summed E-state index contributed by atoms with van der Waals surface area (Å²) in [5.74, 6) is -0.163. The third-order valence-corrected chi connectivity index (χ3v) is 4.42. The van der Waals surface area contributed by atoms with Gasteiger partial charge in [0.05, 0.1) is 11.2 Å². The number of amides is 1. The van der Waals surface area contributed by atoms with Crippen LogP contribution in [0, 0.1) is 0 Å². The van der Waals surface area contributed by atoms with Crippen molar-refractivity contribution in [3.8, 4) is 0 Å². The second-order valence-corrected chi connectivity index (χ2v) is 6.27. The van der Waals surface area contributed by atoms with Gasteiger partial charge in [0, 0.05) is 22.2 Å². The van der Waals surface area contributed by atoms with Crippen LogP contribution in [0.3, 0.4) is 0 Å². The number of aromatic nitrogens is 2. The van der Waals surface area contributed by atoms with E-state index in [0.717, 1.165) is 28.4 Å². The number of nitrogens with one attached hydrogen (secondary N) is 2. The summed E-state index contributed by atoms with van der Waals surface area (Å²) >= 11 is 0. The van der Waals surface area contributed by atoms with E-state index in [2.05, 4.69) is 15.5 Å². The highest BCUT2D eigenvalue weighted by Gasteiger charge is 2.08. The largest absolute Gasteiger partial charge is 0.321 e. The molecule has 3 aromatic carbocycles. The fraction of sp³-hybridized carbons (Fsp3) is 0. The van der Waals surface area contributed by atoms with Gasteiger partial charge in [0.2, 0.25) is 0 Å². The molecule has 0 spiro atoms. The lowest BCUT2D eigenvalue weighted by atomic mass is 10.1. The standard InChI is InChI=1S/C23H17N3O2/c27-15-16-10-12-21-19(14-16)22(26-25-21)13-11-17-6-4-5-9-20(17)24-23(28)18-7-2-1-3-8-18/h1-15H,(H,24,28)(H,25,26)/b13-11+. The molecule has 0 saturated carbocycles. The van der Waals surface area contributed by atoms with Gasteiger partial charge in [0.1, 0.15) is 6.29 Å². The first-order valence-corrected chi connectivity index (χ1v) is 8.81. The summed E-state index contributed by atoms with van der Waals surface area (Å²) in [6.07, 6.45) is 4.60. The van der Waals surface area contributed by atoms with Crippen molar-refractivity contribution in [2.75, 3.05) is 5.32 Å². The van der Waals surface area contributed by atoms with Crippen molar-refractivity contribution < 1.29 is 9.59 Å². The van der Waals surface area contributed by atoms with Gasteiger partial charge in [0.15, 0.2) is 0 Å². The maximum atomic E-state index is 12.5. The molecule has 1 amide bonds. The van der Waals surface area contributed by atoms with Crippen molar-refractivity contribution in [1.82, 2.24) is 10.2 Å². The third kappa shape index (κ3) is 3.59. The number of rotatable bonds is 5. The zero-order valence-electron chi connectivity index (χ0n) is 14.9. The Bertz CT molecular complexity index is 1180. The molecular formula is C23H17N3O2. The number of hydrogen-bond acceptors (Lipinski definition) is 3. The van der Waals surface area contributed by atoms with Crippen molar-refractivity contribution in [2.24, 2.45) is 0 Å². The van der Waals surface area contributed by atoms with Gasteiger partial charge in [0.25, 0.3) is 5.91 Å². The van der Waals surface area contributed by atoms with Gasteiger partial charge >= 0.3 is 0 Å². The highest BCUT2D eigenvalue weighted by molar-refractivity contribution is 6.05. The Morgan fingerprint density at radius 2 is 1.71 bits per heavy atom. The molecule has 5 nitrogen and oxygen atoms in total. The summed E-state index contributed by atoms with van der Waals surface area (Å²) in [6.45, 7) is 0. The quantitative estimate of drug-likeness (QED) is 0.498. The average Bonchev–Trinajstić information content (AvgIpc) is 3.15. The molecule has 4 aromatic rings. The number of benzene rings is 3. The Morgan fingerprint density at radius 3 is 2.54 bits per heavy atom. The maximum Gasteiger partial charge on any atom is 0.255 e. The van der Waals surface area contributed by atoms with Crippen LogP contribution in [0.5, 0.6) is 0 Å². The molecule has 0 radical (unpaired) electrons. The van der Waals surface area contributed by atoms with Gasteiger partial charge < -0.3 is 5.32 Å². The average molecular weight is 367 g/mol. The number of fused-ring (bicyclic) bond motifs is 1. The van der Waals surface area contributed by atoms with Crippen molar-refractivity contribution in [1.29, 1.82) is 0 Å². The van der Waals surface area contributed by atoms with Crippen molar-refractivity contribution in [3.63, 3.8) is 0 Å². The summed E-state index contributed by atoms with van der Waals surface area (Å²) in [5.41, 5.74) is 4.35. The molecule has 5 heteroatoms. The molecule has 0 fully saturated rings. The van der Waals surface area contributed by atoms with Gasteiger partial charge in [-0.15, -0.1) is 0 Å². The predicted molar refractivity (Wildman–Crippen MR) is 111 cm³/mol. The molecule has 0 aliphatic rings. The Morgan fingerprint density at radius 1 is 0.929 bits per heavy atom. The molecule has 1 heterocycles. The fourth-order valence-corrected chi connectivity index (χ4v) is 2.96. The van der Waals surface area contributed by atoms with Crippen LogP contribution >= 0.6 is 0 Å². The smallest absolute Gasteiger partial charge is 0.255 e. The van der Waals surface area contributed by atoms with Gasteiger partial charge in [-0.2, -0.15) is 5.10 Å². The lowest BCUT2D eigenvalue weighted by Gasteiger charge is -2.08. The maximum absolute atomic E-state index is 12.5. The highest BCUT2D eigenvalue weighted by atomic mass is 16.1. The molecule has 4 rings (SSSR count). The minimum atomic E-state index is -0.163. The lowest BCUT2D eigenvalue weighted by Crippen LogP contribution is -2.12. The molecule has 0 saturated heterocycles. The number of hydrogen-bond donors (Lipinski definition) is 2. The first-order chi connectivity index (χ1) is 13.7. The van der Waals surface area contributed by atoms with E-state index in [1.807, 2.05) is 54.6 Å². The minimum Gasteiger partial charge on any atom is -0.321 e. The zero-order chi connectivity index (χ0) is 19.3. The number of carbonyl (C=O) groups is 2. The Hall–Kier alpha value is -3.99. The van der Waals surface area contributed by atoms with Gasteiger partial charge in [-0.05, 0) is 48.0 Å². The van der Waals surface area contributed by atoms with E-state index in [4.69, 9.17) is 0 Å². The van der Waals surface area contributed by atoms with Crippen LogP contribution in [-0.2, 0) is 0 Å². The molecule has 28 heavy (non-hydrogen) atoms. The van der Waals surface area contributed by atoms with Crippen molar-refractivity contribution in [2.45, 2.75) is 0 Å². The molecule has 0 unspecified atom stereocenters. The van der Waals surface area contributed by atoms with Crippen molar-refractivity contribution >= 4 is 40.9 Å². The third-order valence-electron chi connectivity index (χ3n) is 4.42. The van der Waals surface area contributed by atoms with Gasteiger partial charge in [-0.1, -0.05) is 42.5 Å². The van der Waals surface area contributed by atoms with E-state index in [1.165, 1.54) is 0 Å². The molecule has 1 aromatic heterocycles. The first kappa shape index (κ1) is 17.4. The van der Waals surface area contributed by atoms with E-state index in [-0.39, 0.29) is 5.91 Å². The highest BCUT2D eigenvalue weighted by Crippen LogP contribution is 2.22. The molecule has 0 atom stereocenters. The summed E-state index contributed by atoms with van der Waals surface area (Å²) in [4.78, 5) is 23.5. The van der Waals surface area contributed by atoms with Crippen LogP contribution in [0.1, 0.15) is 32.0 Å². The molecule has 0 aliphatic carbocycles. The molecule has 2 N–H and O–H groups in total. The Balaban J connectivity index is 1.62. The van der Waals surface area contributed by atoms with Crippen LogP contribution in [0.4, 0.5) is 5.69 Å². The first-order valence-electron chi connectivity index (χ1n) is 8.81. The zero-order valence-corrected chi connectivity index (χ0v) is 14.9. The van der Waals surface area contributed by atoms with Crippen molar-refractivity contribution in [3.05, 3.63) is 95.2 Å². The van der Waals surface area contributed by atoms with E-state index >= 15 is 0 Å². The van der Waals surface area contributed by atoms with Gasteiger partial charge in [-0.25, -0.2) is 0 Å². The topological polar surface area (TPSA) is 74.8 Å². The fourth-order valence-electron chi connectivity index (χ4n) is 2.96. The monoisotopic (exact) mass is 367 g/mol. The summed E-state index contributed by atoms with van der Waals surface area (Å²) in [5, 5.41) is 11.1. The number of carbonyl (C=O) groups excluding carboxylic acids is 2. The van der Waals surface area contributed by atoms with E-state index in [0.29, 0.717) is 16.8 Å². The summed E-state index contributed by atoms with van der Waals surface area (Å²) in [6, 6.07) is 22.0. The number of nitrogens with zero attached hydrogens (tertiary/aromatic N) is 1. The molecule has 0 aliphatic heterocycles. The van der Waals surface area contributed by atoms with Crippen LogP contribution in [0.2, 0.25) is 0 Å². The van der Waals surface area contributed by atoms with E-state index in [9.17, 15) is 9.59 Å². The molecule has 136 valence electrons. The number of aromatic amines is 1. The minimum absolute atomic E-state index is 0.163. The summed E-state index contributed by atoms with van der Waals surface area (Å²) in [7, 11) is 0. The Labute approximate surface area is 161 Å². The van der Waals surface area contributed by atoms with E-state index < -0.39 is 0 Å². The Kier molecular flexibility index (Phi) is 4.80. The van der Waals surface area contributed by atoms with Gasteiger partial charge in [-0.3, -0.25) is 14.7 Å². The van der Waals surface area contributed by atoms with Crippen LogP contribution in [0.15, 0.2) is 72.8 Å². The number of anilines is 1. The van der Waals surface area contributed by atoms with Crippen LogP contribution in [-0.4, -0.2) is 22.4 Å². The number of H-pyrrole nitrogens is 1. The second kappa shape index (κ2) is 7.72. The predicted octanol–water partition coefficient (Wildman–Crippen LogP) is 4.80. The second-order valence-electron chi connectivity index (χ2n) is 6.27.